The number of nitrogens with zero attached hydrogens (tertiary/aromatic N) is 1. The topological polar surface area (TPSA) is 94.3 Å². The van der Waals surface area contributed by atoms with Gasteiger partial charge in [-0.3, -0.25) is 4.99 Å². The molecule has 0 spiro atoms. The number of amidine groups is 1. The Hall–Kier alpha value is -0.340. The van der Waals surface area contributed by atoms with Gasteiger partial charge < -0.3 is 25.4 Å². The van der Waals surface area contributed by atoms with Gasteiger partial charge in [0.05, 0.1) is 12.6 Å². The molecule has 92 valence electrons. The molecule has 4 N–H and O–H groups in total. The second-order valence-corrected chi connectivity index (χ2v) is 4.86. The van der Waals surface area contributed by atoms with Gasteiger partial charge in [-0.15, -0.1) is 0 Å². The number of hydrogen-bond donors (Lipinski definition) is 4. The molecule has 2 rings (SSSR count). The Balaban J connectivity index is 2.10. The maximum Gasteiger partial charge on any atom is 0.159 e. The van der Waals surface area contributed by atoms with Crippen molar-refractivity contribution in [2.24, 2.45) is 4.99 Å². The van der Waals surface area contributed by atoms with Crippen molar-refractivity contribution in [3.05, 3.63) is 0 Å². The number of thioether (sulfide) groups is 1. The second-order valence-electron chi connectivity index (χ2n) is 3.77. The molecule has 0 saturated carbocycles. The first-order valence-corrected chi connectivity index (χ1v) is 6.15. The molecule has 0 bridgehead atoms. The molecule has 0 unspecified atom stereocenters. The zero-order valence-electron chi connectivity index (χ0n) is 8.91. The van der Waals surface area contributed by atoms with E-state index < -0.39 is 18.3 Å². The standard InChI is InChI=1S/C9H16N2O4S/c1-2-10-9-11-5-7(14)6(13)4(3-12)15-8(5)16-9/h4-8,12-14H,2-3H2,1H3,(H,10,11)/t4-,5+,6+,7-,8+/m0/s1. The number of ether oxygens (including phenoxy) is 1. The highest BCUT2D eigenvalue weighted by Gasteiger charge is 2.48. The fourth-order valence-corrected chi connectivity index (χ4v) is 3.05. The highest BCUT2D eigenvalue weighted by Crippen LogP contribution is 2.33. The third-order valence-corrected chi connectivity index (χ3v) is 3.81. The molecule has 0 aliphatic carbocycles. The Kier molecular flexibility index (Phi) is 3.70. The van der Waals surface area contributed by atoms with Crippen LogP contribution in [-0.4, -0.2) is 63.4 Å². The Morgan fingerprint density at radius 2 is 2.19 bits per heavy atom. The Morgan fingerprint density at radius 1 is 1.44 bits per heavy atom. The zero-order valence-corrected chi connectivity index (χ0v) is 9.72. The van der Waals surface area contributed by atoms with Crippen LogP contribution in [-0.2, 0) is 4.74 Å². The summed E-state index contributed by atoms with van der Waals surface area (Å²) in [6, 6.07) is -0.368. The highest BCUT2D eigenvalue weighted by molar-refractivity contribution is 8.14. The van der Waals surface area contributed by atoms with Crippen LogP contribution in [0.2, 0.25) is 0 Å². The fourth-order valence-electron chi connectivity index (χ4n) is 1.85. The van der Waals surface area contributed by atoms with Crippen molar-refractivity contribution in [3.63, 3.8) is 0 Å². The van der Waals surface area contributed by atoms with Crippen LogP contribution in [0.5, 0.6) is 0 Å². The van der Waals surface area contributed by atoms with Gasteiger partial charge in [0, 0.05) is 6.54 Å². The SMILES string of the molecule is CCN=C1N[C@@H]2[C@H](O)[C@H](O)[C@H](CO)O[C@@H]2S1. The maximum atomic E-state index is 9.86. The Bertz CT molecular complexity index is 289. The minimum atomic E-state index is -1.07. The summed E-state index contributed by atoms with van der Waals surface area (Å²) in [4.78, 5) is 4.19. The van der Waals surface area contributed by atoms with Gasteiger partial charge in [-0.1, -0.05) is 11.8 Å². The van der Waals surface area contributed by atoms with E-state index in [0.29, 0.717) is 11.7 Å². The lowest BCUT2D eigenvalue weighted by Crippen LogP contribution is -2.59. The first-order valence-electron chi connectivity index (χ1n) is 5.27. The van der Waals surface area contributed by atoms with Crippen LogP contribution in [0.1, 0.15) is 6.92 Å². The summed E-state index contributed by atoms with van der Waals surface area (Å²) in [7, 11) is 0. The normalized spacial score (nSPS) is 45.5. The Morgan fingerprint density at radius 3 is 2.81 bits per heavy atom. The monoisotopic (exact) mass is 248 g/mol. The van der Waals surface area contributed by atoms with Crippen LogP contribution < -0.4 is 5.32 Å². The lowest BCUT2D eigenvalue weighted by atomic mass is 9.98. The van der Waals surface area contributed by atoms with E-state index in [9.17, 15) is 10.2 Å². The van der Waals surface area contributed by atoms with E-state index in [0.717, 1.165) is 0 Å². The number of nitrogens with one attached hydrogen (secondary N) is 1. The quantitative estimate of drug-likeness (QED) is 0.475. The molecule has 0 radical (unpaired) electrons. The van der Waals surface area contributed by atoms with E-state index in [1.165, 1.54) is 11.8 Å². The van der Waals surface area contributed by atoms with Crippen LogP contribution in [0.3, 0.4) is 0 Å². The predicted octanol–water partition coefficient (Wildman–Crippen LogP) is -1.49. The van der Waals surface area contributed by atoms with Crippen molar-refractivity contribution in [2.45, 2.75) is 36.7 Å². The van der Waals surface area contributed by atoms with Crippen molar-refractivity contribution in [2.75, 3.05) is 13.2 Å². The van der Waals surface area contributed by atoms with Gasteiger partial charge in [0.15, 0.2) is 5.17 Å². The maximum absolute atomic E-state index is 9.86. The van der Waals surface area contributed by atoms with Gasteiger partial charge in [0.1, 0.15) is 23.7 Å². The summed E-state index contributed by atoms with van der Waals surface area (Å²) in [5, 5.41) is 32.3. The number of aliphatic imine (C=N–C) groups is 1. The molecular formula is C9H16N2O4S. The fraction of sp³-hybridized carbons (Fsp3) is 0.889. The molecule has 0 amide bonds. The van der Waals surface area contributed by atoms with E-state index in [4.69, 9.17) is 9.84 Å². The molecule has 2 fully saturated rings. The average molecular weight is 248 g/mol. The van der Waals surface area contributed by atoms with Gasteiger partial charge >= 0.3 is 0 Å². The van der Waals surface area contributed by atoms with Crippen LogP contribution >= 0.6 is 11.8 Å². The van der Waals surface area contributed by atoms with E-state index >= 15 is 0 Å². The highest BCUT2D eigenvalue weighted by atomic mass is 32.2. The third-order valence-electron chi connectivity index (χ3n) is 2.70. The zero-order chi connectivity index (χ0) is 11.7. The van der Waals surface area contributed by atoms with E-state index in [2.05, 4.69) is 10.3 Å². The van der Waals surface area contributed by atoms with E-state index in [1.54, 1.807) is 0 Å². The molecule has 2 aliphatic heterocycles. The minimum Gasteiger partial charge on any atom is -0.394 e. The first kappa shape index (κ1) is 12.1. The molecule has 16 heavy (non-hydrogen) atoms. The lowest BCUT2D eigenvalue weighted by molar-refractivity contribution is -0.167. The van der Waals surface area contributed by atoms with Crippen molar-refractivity contribution < 1.29 is 20.1 Å². The minimum absolute atomic E-state index is 0.303. The summed E-state index contributed by atoms with van der Waals surface area (Å²) < 4.78 is 5.48. The van der Waals surface area contributed by atoms with Crippen molar-refractivity contribution in [1.82, 2.24) is 5.32 Å². The van der Waals surface area contributed by atoms with Crippen molar-refractivity contribution in [1.29, 1.82) is 0 Å². The van der Waals surface area contributed by atoms with Gasteiger partial charge in [-0.05, 0) is 6.92 Å². The number of aliphatic hydroxyl groups is 3. The van der Waals surface area contributed by atoms with Crippen molar-refractivity contribution in [3.8, 4) is 0 Å². The smallest absolute Gasteiger partial charge is 0.159 e. The predicted molar refractivity (Wildman–Crippen MR) is 60.3 cm³/mol. The molecule has 6 nitrogen and oxygen atoms in total. The number of hydrogen-bond acceptors (Lipinski definition) is 6. The molecule has 2 aliphatic rings. The van der Waals surface area contributed by atoms with Crippen molar-refractivity contribution >= 4 is 16.9 Å². The van der Waals surface area contributed by atoms with E-state index in [-0.39, 0.29) is 18.1 Å². The van der Waals surface area contributed by atoms with E-state index in [1.807, 2.05) is 6.92 Å². The molecular weight excluding hydrogens is 232 g/mol. The molecule has 0 aromatic heterocycles. The summed E-state index contributed by atoms with van der Waals surface area (Å²) in [6.07, 6.45) is -2.75. The van der Waals surface area contributed by atoms with Crippen LogP contribution in [0, 0.1) is 0 Å². The van der Waals surface area contributed by atoms with Crippen LogP contribution in [0.4, 0.5) is 0 Å². The summed E-state index contributed by atoms with van der Waals surface area (Å²) >= 11 is 1.38. The molecule has 2 saturated heterocycles. The average Bonchev–Trinajstić information content (AvgIpc) is 2.67. The molecule has 0 aromatic rings. The van der Waals surface area contributed by atoms with Gasteiger partial charge in [0.2, 0.25) is 0 Å². The number of rotatable bonds is 2. The summed E-state index contributed by atoms with van der Waals surface area (Å²) in [5.41, 5.74) is -0.305. The molecule has 0 aromatic carbocycles. The third kappa shape index (κ3) is 2.05. The Labute approximate surface area is 97.7 Å². The largest absolute Gasteiger partial charge is 0.394 e. The van der Waals surface area contributed by atoms with Gasteiger partial charge in [-0.2, -0.15) is 0 Å². The molecule has 5 atom stereocenters. The van der Waals surface area contributed by atoms with Crippen LogP contribution in [0.15, 0.2) is 4.99 Å². The summed E-state index contributed by atoms with van der Waals surface area (Å²) in [5.74, 6) is 0. The second kappa shape index (κ2) is 4.89. The lowest BCUT2D eigenvalue weighted by Gasteiger charge is -2.38. The van der Waals surface area contributed by atoms with Crippen LogP contribution in [0.25, 0.3) is 0 Å². The number of aliphatic hydroxyl groups excluding tert-OH is 3. The molecule has 7 heteroatoms. The number of fused-ring (bicyclic) bond motifs is 1. The van der Waals surface area contributed by atoms with Gasteiger partial charge in [0.25, 0.3) is 0 Å². The van der Waals surface area contributed by atoms with Gasteiger partial charge in [-0.25, -0.2) is 0 Å². The first-order chi connectivity index (χ1) is 7.67. The summed E-state index contributed by atoms with van der Waals surface area (Å²) in [6.45, 7) is 2.26. The molecule has 2 heterocycles.